The van der Waals surface area contributed by atoms with Crippen LogP contribution >= 0.6 is 0 Å². The quantitative estimate of drug-likeness (QED) is 0.910. The zero-order chi connectivity index (χ0) is 14.5. The molecule has 2 aromatic rings. The van der Waals surface area contributed by atoms with Crippen molar-refractivity contribution in [2.24, 2.45) is 0 Å². The van der Waals surface area contributed by atoms with Gasteiger partial charge in [-0.3, -0.25) is 4.79 Å². The van der Waals surface area contributed by atoms with Crippen LogP contribution in [-0.2, 0) is 17.8 Å². The van der Waals surface area contributed by atoms with Crippen molar-refractivity contribution < 1.29 is 14.3 Å². The van der Waals surface area contributed by atoms with Gasteiger partial charge in [-0.15, -0.1) is 0 Å². The van der Waals surface area contributed by atoms with Crippen LogP contribution in [0.3, 0.4) is 0 Å². The summed E-state index contributed by atoms with van der Waals surface area (Å²) in [5.41, 5.74) is 2.33. The van der Waals surface area contributed by atoms with Gasteiger partial charge in [0.1, 0.15) is 5.82 Å². The molecule has 0 atom stereocenters. The first-order valence-corrected chi connectivity index (χ1v) is 6.31. The third-order valence-electron chi connectivity index (χ3n) is 3.06. The Kier molecular flexibility index (Phi) is 4.35. The first-order chi connectivity index (χ1) is 9.56. The Balaban J connectivity index is 2.24. The van der Waals surface area contributed by atoms with Gasteiger partial charge in [0, 0.05) is 19.3 Å². The summed E-state index contributed by atoms with van der Waals surface area (Å²) in [6.07, 6.45) is -0.188. The van der Waals surface area contributed by atoms with Gasteiger partial charge in [0.25, 0.3) is 0 Å². The van der Waals surface area contributed by atoms with E-state index >= 15 is 0 Å². The summed E-state index contributed by atoms with van der Waals surface area (Å²) >= 11 is 0. The van der Waals surface area contributed by atoms with Crippen LogP contribution in [0, 0.1) is 5.82 Å². The van der Waals surface area contributed by atoms with Crippen LogP contribution in [0.5, 0.6) is 0 Å². The van der Waals surface area contributed by atoms with E-state index in [1.54, 1.807) is 6.07 Å². The molecule has 3 nitrogen and oxygen atoms in total. The minimum atomic E-state index is -0.968. The Morgan fingerprint density at radius 2 is 1.90 bits per heavy atom. The maximum absolute atomic E-state index is 13.3. The van der Waals surface area contributed by atoms with Gasteiger partial charge in [-0.1, -0.05) is 30.3 Å². The van der Waals surface area contributed by atoms with E-state index in [1.807, 2.05) is 42.3 Å². The van der Waals surface area contributed by atoms with Gasteiger partial charge in [-0.2, -0.15) is 0 Å². The Morgan fingerprint density at radius 3 is 2.55 bits per heavy atom. The molecule has 2 rings (SSSR count). The molecule has 0 aromatic heterocycles. The van der Waals surface area contributed by atoms with Crippen molar-refractivity contribution in [2.45, 2.75) is 13.0 Å². The summed E-state index contributed by atoms with van der Waals surface area (Å²) in [5, 5.41) is 8.91. The lowest BCUT2D eigenvalue weighted by Crippen LogP contribution is -2.19. The van der Waals surface area contributed by atoms with Crippen molar-refractivity contribution in [1.29, 1.82) is 0 Å². The topological polar surface area (TPSA) is 40.5 Å². The molecule has 0 spiro atoms. The molecule has 1 N–H and O–H groups in total. The molecule has 0 saturated heterocycles. The molecule has 0 saturated carbocycles. The zero-order valence-electron chi connectivity index (χ0n) is 11.2. The number of hydrogen-bond donors (Lipinski definition) is 1. The van der Waals surface area contributed by atoms with Gasteiger partial charge in [0.05, 0.1) is 6.42 Å². The van der Waals surface area contributed by atoms with Crippen LogP contribution in [0.25, 0.3) is 0 Å². The highest BCUT2D eigenvalue weighted by Gasteiger charge is 2.12. The lowest BCUT2D eigenvalue weighted by atomic mass is 10.1. The van der Waals surface area contributed by atoms with Crippen molar-refractivity contribution in [3.63, 3.8) is 0 Å². The van der Waals surface area contributed by atoms with Gasteiger partial charge in [-0.05, 0) is 29.3 Å². The van der Waals surface area contributed by atoms with Crippen molar-refractivity contribution in [3.05, 3.63) is 65.5 Å². The number of aliphatic carboxylic acids is 1. The number of nitrogens with zero attached hydrogens (tertiary/aromatic N) is 1. The lowest BCUT2D eigenvalue weighted by molar-refractivity contribution is -0.136. The maximum atomic E-state index is 13.3. The van der Waals surface area contributed by atoms with Gasteiger partial charge in [-0.25, -0.2) is 4.39 Å². The molecule has 0 bridgehead atoms. The molecule has 0 heterocycles. The summed E-state index contributed by atoms with van der Waals surface area (Å²) in [6.45, 7) is 0.638. The van der Waals surface area contributed by atoms with E-state index < -0.39 is 11.8 Å². The average Bonchev–Trinajstić information content (AvgIpc) is 2.39. The fraction of sp³-hybridized carbons (Fsp3) is 0.188. The van der Waals surface area contributed by atoms with E-state index in [-0.39, 0.29) is 6.42 Å². The van der Waals surface area contributed by atoms with Gasteiger partial charge in [0.15, 0.2) is 0 Å². The number of carboxylic acids is 1. The predicted molar refractivity (Wildman–Crippen MR) is 76.3 cm³/mol. The first-order valence-electron chi connectivity index (χ1n) is 6.31. The molecule has 0 amide bonds. The molecule has 0 aliphatic rings. The highest BCUT2D eigenvalue weighted by molar-refractivity contribution is 5.73. The van der Waals surface area contributed by atoms with E-state index in [0.717, 1.165) is 11.3 Å². The number of halogens is 1. The first kappa shape index (κ1) is 14.1. The summed E-state index contributed by atoms with van der Waals surface area (Å²) < 4.78 is 13.3. The number of benzene rings is 2. The Labute approximate surface area is 117 Å². The average molecular weight is 273 g/mol. The molecule has 0 radical (unpaired) electrons. The molecular formula is C16H16FNO2. The van der Waals surface area contributed by atoms with E-state index in [4.69, 9.17) is 5.11 Å². The monoisotopic (exact) mass is 273 g/mol. The van der Waals surface area contributed by atoms with E-state index in [1.165, 1.54) is 12.1 Å². The summed E-state index contributed by atoms with van der Waals surface area (Å²) in [5.74, 6) is -1.39. The van der Waals surface area contributed by atoms with Gasteiger partial charge < -0.3 is 10.0 Å². The van der Waals surface area contributed by atoms with Crippen molar-refractivity contribution in [1.82, 2.24) is 0 Å². The molecule has 20 heavy (non-hydrogen) atoms. The number of carboxylic acid groups (broad SMARTS) is 1. The zero-order valence-corrected chi connectivity index (χ0v) is 11.2. The second kappa shape index (κ2) is 6.19. The fourth-order valence-corrected chi connectivity index (χ4v) is 2.17. The third-order valence-corrected chi connectivity index (χ3v) is 3.06. The number of rotatable bonds is 5. The van der Waals surface area contributed by atoms with Crippen molar-refractivity contribution >= 4 is 11.7 Å². The van der Waals surface area contributed by atoms with Crippen LogP contribution in [0.1, 0.15) is 11.1 Å². The van der Waals surface area contributed by atoms with Crippen molar-refractivity contribution in [2.75, 3.05) is 11.9 Å². The molecule has 104 valence electrons. The van der Waals surface area contributed by atoms with Crippen LogP contribution in [0.15, 0.2) is 48.5 Å². The van der Waals surface area contributed by atoms with Crippen LogP contribution in [-0.4, -0.2) is 18.1 Å². The molecule has 2 aromatic carbocycles. The standard InChI is InChI=1S/C16H16FNO2/c1-18(11-12-5-3-2-4-6-12)15-8-7-14(17)9-13(15)10-16(19)20/h2-9H,10-11H2,1H3,(H,19,20). The van der Waals surface area contributed by atoms with E-state index in [9.17, 15) is 9.18 Å². The minimum absolute atomic E-state index is 0.188. The van der Waals surface area contributed by atoms with E-state index in [2.05, 4.69) is 0 Å². The lowest BCUT2D eigenvalue weighted by Gasteiger charge is -2.22. The summed E-state index contributed by atoms with van der Waals surface area (Å²) in [4.78, 5) is 12.8. The molecule has 0 aliphatic heterocycles. The van der Waals surface area contributed by atoms with Crippen LogP contribution < -0.4 is 4.90 Å². The molecule has 0 aliphatic carbocycles. The fourth-order valence-electron chi connectivity index (χ4n) is 2.17. The smallest absolute Gasteiger partial charge is 0.307 e. The summed E-state index contributed by atoms with van der Waals surface area (Å²) in [7, 11) is 1.87. The Hall–Kier alpha value is -2.36. The molecule has 0 fully saturated rings. The van der Waals surface area contributed by atoms with Crippen LogP contribution in [0.4, 0.5) is 10.1 Å². The predicted octanol–water partition coefficient (Wildman–Crippen LogP) is 3.09. The number of carbonyl (C=O) groups is 1. The van der Waals surface area contributed by atoms with Gasteiger partial charge in [0.2, 0.25) is 0 Å². The Morgan fingerprint density at radius 1 is 1.20 bits per heavy atom. The maximum Gasteiger partial charge on any atom is 0.307 e. The largest absolute Gasteiger partial charge is 0.481 e. The summed E-state index contributed by atoms with van der Waals surface area (Å²) in [6, 6.07) is 14.1. The highest BCUT2D eigenvalue weighted by Crippen LogP contribution is 2.23. The van der Waals surface area contributed by atoms with Gasteiger partial charge >= 0.3 is 5.97 Å². The Bertz CT molecular complexity index is 599. The second-order valence-electron chi connectivity index (χ2n) is 4.69. The number of anilines is 1. The minimum Gasteiger partial charge on any atom is -0.481 e. The molecule has 4 heteroatoms. The van der Waals surface area contributed by atoms with Crippen molar-refractivity contribution in [3.8, 4) is 0 Å². The highest BCUT2D eigenvalue weighted by atomic mass is 19.1. The second-order valence-corrected chi connectivity index (χ2v) is 4.69. The number of hydrogen-bond acceptors (Lipinski definition) is 2. The SMILES string of the molecule is CN(Cc1ccccc1)c1ccc(F)cc1CC(=O)O. The third kappa shape index (κ3) is 3.57. The van der Waals surface area contributed by atoms with Crippen LogP contribution in [0.2, 0.25) is 0 Å². The van der Waals surface area contributed by atoms with E-state index in [0.29, 0.717) is 12.1 Å². The molecule has 0 unspecified atom stereocenters. The normalized spacial score (nSPS) is 10.3. The molecular weight excluding hydrogens is 257 g/mol.